The minimum Gasteiger partial charge on any atom is -0.487 e. The van der Waals surface area contributed by atoms with Gasteiger partial charge in [0.1, 0.15) is 30.0 Å². The first-order chi connectivity index (χ1) is 15.1. The number of rotatable bonds is 4. The van der Waals surface area contributed by atoms with E-state index in [0.717, 1.165) is 41.7 Å². The monoisotopic (exact) mass is 432 g/mol. The van der Waals surface area contributed by atoms with Gasteiger partial charge in [0.15, 0.2) is 0 Å². The predicted octanol–water partition coefficient (Wildman–Crippen LogP) is 6.14. The molecule has 3 nitrogen and oxygen atoms in total. The number of quaternary nitrogens is 1. The lowest BCUT2D eigenvalue weighted by molar-refractivity contribution is -0.936. The molecule has 32 heavy (non-hydrogen) atoms. The summed E-state index contributed by atoms with van der Waals surface area (Å²) in [6, 6.07) is 19.5. The highest BCUT2D eigenvalue weighted by Gasteiger charge is 2.50. The van der Waals surface area contributed by atoms with Crippen molar-refractivity contribution in [3.05, 3.63) is 65.7 Å². The van der Waals surface area contributed by atoms with Gasteiger partial charge in [0.2, 0.25) is 0 Å². The third-order valence-corrected chi connectivity index (χ3v) is 7.60. The van der Waals surface area contributed by atoms with E-state index >= 15 is 0 Å². The zero-order chi connectivity index (χ0) is 23.0. The predicted molar refractivity (Wildman–Crippen MR) is 130 cm³/mol. The van der Waals surface area contributed by atoms with E-state index in [4.69, 9.17) is 9.47 Å². The van der Waals surface area contributed by atoms with E-state index in [-0.39, 0.29) is 11.7 Å². The zero-order valence-electron chi connectivity index (χ0n) is 20.5. The quantitative estimate of drug-likeness (QED) is 0.427. The third-order valence-electron chi connectivity index (χ3n) is 7.60. The summed E-state index contributed by atoms with van der Waals surface area (Å²) >= 11 is 0. The van der Waals surface area contributed by atoms with E-state index in [9.17, 15) is 0 Å². The van der Waals surface area contributed by atoms with Gasteiger partial charge in [-0.05, 0) is 59.4 Å². The summed E-state index contributed by atoms with van der Waals surface area (Å²) in [6.45, 7) is 12.9. The third kappa shape index (κ3) is 4.58. The van der Waals surface area contributed by atoms with Gasteiger partial charge in [-0.25, -0.2) is 0 Å². The van der Waals surface area contributed by atoms with Crippen LogP contribution in [0.15, 0.2) is 54.6 Å². The average Bonchev–Trinajstić information content (AvgIpc) is 2.73. The second kappa shape index (κ2) is 8.58. The van der Waals surface area contributed by atoms with Crippen molar-refractivity contribution < 1.29 is 14.0 Å². The van der Waals surface area contributed by atoms with Crippen LogP contribution in [0.3, 0.4) is 0 Å². The number of nitrogens with zero attached hydrogens (tertiary/aromatic N) is 1. The lowest BCUT2D eigenvalue weighted by Gasteiger charge is -2.50. The van der Waals surface area contributed by atoms with Gasteiger partial charge < -0.3 is 14.0 Å². The molecular formula is C29H38NO2+. The molecule has 1 fully saturated rings. The molecule has 170 valence electrons. The lowest BCUT2D eigenvalue weighted by atomic mass is 9.73. The summed E-state index contributed by atoms with van der Waals surface area (Å²) in [4.78, 5) is 0. The fourth-order valence-electron chi connectivity index (χ4n) is 5.08. The molecule has 4 atom stereocenters. The minimum atomic E-state index is -0.434. The Morgan fingerprint density at radius 3 is 2.44 bits per heavy atom. The number of hydrogen-bond donors (Lipinski definition) is 0. The van der Waals surface area contributed by atoms with Crippen LogP contribution in [0, 0.1) is 17.8 Å². The second-order valence-electron chi connectivity index (χ2n) is 10.8. The first kappa shape index (κ1) is 22.9. The summed E-state index contributed by atoms with van der Waals surface area (Å²) in [5.41, 5.74) is 1.85. The van der Waals surface area contributed by atoms with Crippen LogP contribution in [0.4, 0.5) is 0 Å². The van der Waals surface area contributed by atoms with Gasteiger partial charge in [0.05, 0.1) is 19.2 Å². The summed E-state index contributed by atoms with van der Waals surface area (Å²) in [6.07, 6.45) is 2.01. The maximum absolute atomic E-state index is 6.77. The first-order valence-corrected chi connectivity index (χ1v) is 12.0. The Morgan fingerprint density at radius 2 is 1.72 bits per heavy atom. The highest BCUT2D eigenvalue weighted by molar-refractivity contribution is 5.39. The van der Waals surface area contributed by atoms with Crippen LogP contribution in [0.5, 0.6) is 5.75 Å². The van der Waals surface area contributed by atoms with Gasteiger partial charge in [0.25, 0.3) is 0 Å². The molecular weight excluding hydrogens is 394 g/mol. The Balaban J connectivity index is 1.53. The average molecular weight is 433 g/mol. The van der Waals surface area contributed by atoms with E-state index in [1.54, 1.807) is 0 Å². The van der Waals surface area contributed by atoms with Gasteiger partial charge >= 0.3 is 0 Å². The summed E-state index contributed by atoms with van der Waals surface area (Å²) < 4.78 is 14.0. The van der Waals surface area contributed by atoms with Gasteiger partial charge in [-0.3, -0.25) is 0 Å². The molecule has 0 aromatic heterocycles. The fourth-order valence-corrected chi connectivity index (χ4v) is 5.08. The molecule has 0 unspecified atom stereocenters. The molecule has 0 saturated carbocycles. The van der Waals surface area contributed by atoms with Crippen molar-refractivity contribution >= 4 is 0 Å². The van der Waals surface area contributed by atoms with Crippen LogP contribution in [0.2, 0.25) is 0 Å². The maximum atomic E-state index is 6.77. The highest BCUT2D eigenvalue weighted by atomic mass is 16.5. The largest absolute Gasteiger partial charge is 0.487 e. The van der Waals surface area contributed by atoms with Gasteiger partial charge in [-0.2, -0.15) is 0 Å². The molecule has 0 bridgehead atoms. The molecule has 2 aromatic rings. The molecule has 1 saturated heterocycles. The molecule has 2 aliphatic heterocycles. The van der Waals surface area contributed by atoms with Crippen LogP contribution in [-0.2, 0) is 11.3 Å². The smallest absolute Gasteiger partial charge is 0.141 e. The lowest BCUT2D eigenvalue weighted by Crippen LogP contribution is -2.51. The Morgan fingerprint density at radius 1 is 1.03 bits per heavy atom. The molecule has 0 radical (unpaired) electrons. The van der Waals surface area contributed by atoms with Gasteiger partial charge in [-0.1, -0.05) is 54.5 Å². The van der Waals surface area contributed by atoms with Gasteiger partial charge in [-0.15, -0.1) is 0 Å². The SMILES string of the molecule is CC(C)[N@+](C)(CC#C[C@]1(C)CC[C@H]2[C@@H](O1)c1ccccc1OC2(C)C)Cc1ccccc1. The molecule has 0 N–H and O–H groups in total. The molecule has 0 amide bonds. The van der Waals surface area contributed by atoms with E-state index in [2.05, 4.69) is 102 Å². The highest BCUT2D eigenvalue weighted by Crippen LogP contribution is 2.52. The number of ether oxygens (including phenoxy) is 2. The minimum absolute atomic E-state index is 0.0262. The van der Waals surface area contributed by atoms with Crippen molar-refractivity contribution in [2.24, 2.45) is 5.92 Å². The van der Waals surface area contributed by atoms with Crippen molar-refractivity contribution in [3.8, 4) is 17.6 Å². The van der Waals surface area contributed by atoms with Crippen molar-refractivity contribution in [2.45, 2.75) is 77.4 Å². The maximum Gasteiger partial charge on any atom is 0.141 e. The molecule has 4 rings (SSSR count). The van der Waals surface area contributed by atoms with Crippen molar-refractivity contribution in [1.82, 2.24) is 0 Å². The van der Waals surface area contributed by atoms with E-state index in [1.165, 1.54) is 5.56 Å². The van der Waals surface area contributed by atoms with Crippen LogP contribution in [-0.4, -0.2) is 35.3 Å². The molecule has 3 heteroatoms. The summed E-state index contributed by atoms with van der Waals surface area (Å²) in [5, 5.41) is 0. The number of para-hydroxylation sites is 1. The zero-order valence-corrected chi connectivity index (χ0v) is 20.5. The number of fused-ring (bicyclic) bond motifs is 3. The summed E-state index contributed by atoms with van der Waals surface area (Å²) in [5.74, 6) is 8.38. The van der Waals surface area contributed by atoms with E-state index in [0.29, 0.717) is 12.0 Å². The van der Waals surface area contributed by atoms with Crippen molar-refractivity contribution in [3.63, 3.8) is 0 Å². The Kier molecular flexibility index (Phi) is 6.14. The van der Waals surface area contributed by atoms with E-state index < -0.39 is 5.60 Å². The fraction of sp³-hybridized carbons (Fsp3) is 0.517. The van der Waals surface area contributed by atoms with Gasteiger partial charge in [0, 0.05) is 17.0 Å². The number of hydrogen-bond acceptors (Lipinski definition) is 2. The standard InChI is InChI=1S/C29H38NO2/c1-22(2)30(6,21-23-13-8-7-9-14-23)20-12-18-29(5)19-17-25-27(32-29)24-15-10-11-16-26(24)31-28(25,3)4/h7-11,13-16,22,25,27H,17,19-21H2,1-6H3/q+1/t25-,27-,29+,30+/m0/s1. The summed E-state index contributed by atoms with van der Waals surface area (Å²) in [7, 11) is 2.31. The normalized spacial score (nSPS) is 27.8. The van der Waals surface area contributed by atoms with Crippen LogP contribution in [0.25, 0.3) is 0 Å². The van der Waals surface area contributed by atoms with Crippen molar-refractivity contribution in [2.75, 3.05) is 13.6 Å². The Labute approximate surface area is 194 Å². The van der Waals surface area contributed by atoms with E-state index in [1.807, 2.05) is 6.07 Å². The van der Waals surface area contributed by atoms with Crippen molar-refractivity contribution in [1.29, 1.82) is 0 Å². The molecule has 2 aliphatic rings. The van der Waals surface area contributed by atoms with Crippen LogP contribution >= 0.6 is 0 Å². The molecule has 2 aromatic carbocycles. The Bertz CT molecular complexity index is 1000. The molecule has 0 aliphatic carbocycles. The first-order valence-electron chi connectivity index (χ1n) is 12.0. The molecule has 0 spiro atoms. The topological polar surface area (TPSA) is 18.5 Å². The van der Waals surface area contributed by atoms with Crippen LogP contribution in [0.1, 0.15) is 64.7 Å². The molecule has 2 heterocycles. The number of benzene rings is 2. The van der Waals surface area contributed by atoms with Crippen LogP contribution < -0.4 is 4.74 Å². The Hall–Kier alpha value is -2.28. The second-order valence-corrected chi connectivity index (χ2v) is 10.8.